The highest BCUT2D eigenvalue weighted by atomic mass is 19.1. The summed E-state index contributed by atoms with van der Waals surface area (Å²) in [4.78, 5) is 0. The van der Waals surface area contributed by atoms with Crippen molar-refractivity contribution in [1.82, 2.24) is 0 Å². The largest absolute Gasteiger partial charge is 0.459 e. The zero-order valence-corrected chi connectivity index (χ0v) is 16.6. The number of hydrogen-bond acceptors (Lipinski definition) is 5. The second-order valence-corrected chi connectivity index (χ2v) is 5.65. The van der Waals surface area contributed by atoms with Gasteiger partial charge in [-0.1, -0.05) is 6.58 Å². The van der Waals surface area contributed by atoms with E-state index in [0.29, 0.717) is 65.5 Å². The average Bonchev–Trinajstić information content (AvgIpc) is 2.69. The molecule has 0 aliphatic rings. The van der Waals surface area contributed by atoms with Gasteiger partial charge in [0.15, 0.2) is 11.6 Å². The highest BCUT2D eigenvalue weighted by Crippen LogP contribution is 2.20. The van der Waals surface area contributed by atoms with E-state index in [-0.39, 0.29) is 5.75 Å². The Bertz CT molecular complexity index is 518. The van der Waals surface area contributed by atoms with Crippen molar-refractivity contribution in [3.8, 4) is 5.75 Å². The van der Waals surface area contributed by atoms with E-state index >= 15 is 0 Å². The van der Waals surface area contributed by atoms with E-state index in [1.807, 2.05) is 0 Å². The van der Waals surface area contributed by atoms with Crippen LogP contribution in [0.3, 0.4) is 0 Å². The number of alkyl halides is 1. The van der Waals surface area contributed by atoms with Crippen LogP contribution in [0.15, 0.2) is 30.5 Å². The van der Waals surface area contributed by atoms with Gasteiger partial charge in [0, 0.05) is 32.2 Å². The van der Waals surface area contributed by atoms with Gasteiger partial charge in [0.2, 0.25) is 0 Å². The van der Waals surface area contributed by atoms with Gasteiger partial charge in [-0.2, -0.15) is 0 Å². The summed E-state index contributed by atoms with van der Waals surface area (Å²) in [5.41, 5.74) is 5.30. The van der Waals surface area contributed by atoms with Gasteiger partial charge in [0.05, 0.1) is 39.4 Å². The smallest absolute Gasteiger partial charge is 0.168 e. The molecule has 0 atom stereocenters. The van der Waals surface area contributed by atoms with Crippen molar-refractivity contribution in [1.29, 1.82) is 0 Å². The van der Waals surface area contributed by atoms with E-state index in [1.54, 1.807) is 0 Å². The van der Waals surface area contributed by atoms with Crippen LogP contribution in [0.2, 0.25) is 0 Å². The molecule has 5 nitrogen and oxygen atoms in total. The normalized spacial score (nSPS) is 10.3. The molecule has 0 saturated heterocycles. The summed E-state index contributed by atoms with van der Waals surface area (Å²) in [6.07, 6.45) is 3.37. The number of halogens is 3. The van der Waals surface area contributed by atoms with Crippen LogP contribution < -0.4 is 10.5 Å². The minimum atomic E-state index is -0.750. The number of benzene rings is 1. The van der Waals surface area contributed by atoms with Crippen LogP contribution in [0.25, 0.3) is 0 Å². The van der Waals surface area contributed by atoms with Crippen molar-refractivity contribution in [2.24, 2.45) is 5.73 Å². The van der Waals surface area contributed by atoms with Crippen molar-refractivity contribution in [2.45, 2.75) is 25.7 Å². The zero-order valence-electron chi connectivity index (χ0n) is 16.6. The second kappa shape index (κ2) is 18.7. The predicted octanol–water partition coefficient (Wildman–Crippen LogP) is 4.01. The Kier molecular flexibility index (Phi) is 17.7. The topological polar surface area (TPSA) is 62.9 Å². The minimum absolute atomic E-state index is 0.0372. The fourth-order valence-corrected chi connectivity index (χ4v) is 2.04. The third kappa shape index (κ3) is 14.4. The predicted molar refractivity (Wildman–Crippen MR) is 103 cm³/mol. The average molecular weight is 407 g/mol. The van der Waals surface area contributed by atoms with Crippen LogP contribution in [-0.4, -0.2) is 53.4 Å². The molecule has 0 amide bonds. The van der Waals surface area contributed by atoms with E-state index in [9.17, 15) is 13.2 Å². The SMILES string of the molecule is C=C(CCOCCCCCOCCOCCN)Oc1ccc(F)cc1F.CF. The fourth-order valence-electron chi connectivity index (χ4n) is 2.04. The fraction of sp³-hybridized carbons (Fsp3) is 0.600. The highest BCUT2D eigenvalue weighted by Gasteiger charge is 2.06. The van der Waals surface area contributed by atoms with Gasteiger partial charge in [-0.15, -0.1) is 0 Å². The van der Waals surface area contributed by atoms with Gasteiger partial charge in [0.25, 0.3) is 0 Å². The van der Waals surface area contributed by atoms with Crippen LogP contribution in [0, 0.1) is 11.6 Å². The molecular weight excluding hydrogens is 375 g/mol. The summed E-state index contributed by atoms with van der Waals surface area (Å²) in [5, 5.41) is 0. The Morgan fingerprint density at radius 1 is 0.893 bits per heavy atom. The quantitative estimate of drug-likeness (QED) is 0.331. The first-order valence-corrected chi connectivity index (χ1v) is 9.25. The van der Waals surface area contributed by atoms with E-state index in [4.69, 9.17) is 24.7 Å². The van der Waals surface area contributed by atoms with Crippen LogP contribution in [0.5, 0.6) is 5.75 Å². The summed E-state index contributed by atoms with van der Waals surface area (Å²) in [6.45, 7) is 7.76. The van der Waals surface area contributed by atoms with E-state index in [2.05, 4.69) is 6.58 Å². The second-order valence-electron chi connectivity index (χ2n) is 5.65. The molecule has 1 rings (SSSR count). The number of unbranched alkanes of at least 4 members (excludes halogenated alkanes) is 2. The van der Waals surface area contributed by atoms with Gasteiger partial charge in [0.1, 0.15) is 5.82 Å². The Labute approximate surface area is 165 Å². The number of hydrogen-bond donors (Lipinski definition) is 1. The molecule has 0 heterocycles. The molecule has 0 aliphatic carbocycles. The maximum absolute atomic E-state index is 13.4. The molecule has 1 aromatic rings. The summed E-state index contributed by atoms with van der Waals surface area (Å²) < 4.78 is 57.1. The van der Waals surface area contributed by atoms with E-state index in [0.717, 1.165) is 31.4 Å². The van der Waals surface area contributed by atoms with E-state index < -0.39 is 11.6 Å². The van der Waals surface area contributed by atoms with Crippen LogP contribution in [-0.2, 0) is 14.2 Å². The molecule has 1 aromatic carbocycles. The molecule has 2 N–H and O–H groups in total. The molecule has 162 valence electrons. The van der Waals surface area contributed by atoms with Crippen LogP contribution in [0.4, 0.5) is 13.2 Å². The Balaban J connectivity index is 0.00000352. The van der Waals surface area contributed by atoms with Crippen molar-refractivity contribution in [3.63, 3.8) is 0 Å². The molecule has 0 saturated carbocycles. The molecule has 0 aliphatic heterocycles. The van der Waals surface area contributed by atoms with Crippen LogP contribution in [0.1, 0.15) is 25.7 Å². The maximum Gasteiger partial charge on any atom is 0.168 e. The molecule has 0 fully saturated rings. The van der Waals surface area contributed by atoms with Gasteiger partial charge >= 0.3 is 0 Å². The van der Waals surface area contributed by atoms with Crippen molar-refractivity contribution < 1.29 is 32.1 Å². The van der Waals surface area contributed by atoms with Gasteiger partial charge in [-0.3, -0.25) is 4.39 Å². The number of rotatable bonds is 16. The lowest BCUT2D eigenvalue weighted by molar-refractivity contribution is 0.0482. The first-order chi connectivity index (χ1) is 13.6. The molecule has 0 aromatic heterocycles. The Hall–Kier alpha value is -1.61. The highest BCUT2D eigenvalue weighted by molar-refractivity contribution is 5.26. The molecular formula is C20H32F3NO4. The lowest BCUT2D eigenvalue weighted by Gasteiger charge is -2.10. The summed E-state index contributed by atoms with van der Waals surface area (Å²) in [7, 11) is 0.500. The minimum Gasteiger partial charge on any atom is -0.459 e. The van der Waals surface area contributed by atoms with E-state index in [1.165, 1.54) is 6.07 Å². The molecule has 28 heavy (non-hydrogen) atoms. The van der Waals surface area contributed by atoms with Gasteiger partial charge in [-0.05, 0) is 31.4 Å². The Morgan fingerprint density at radius 3 is 2.11 bits per heavy atom. The molecule has 0 spiro atoms. The molecule has 0 bridgehead atoms. The lowest BCUT2D eigenvalue weighted by Crippen LogP contribution is -2.12. The van der Waals surface area contributed by atoms with Gasteiger partial charge < -0.3 is 24.7 Å². The summed E-state index contributed by atoms with van der Waals surface area (Å²) >= 11 is 0. The summed E-state index contributed by atoms with van der Waals surface area (Å²) in [6, 6.07) is 3.15. The molecule has 0 unspecified atom stereocenters. The van der Waals surface area contributed by atoms with Crippen molar-refractivity contribution >= 4 is 0 Å². The zero-order chi connectivity index (χ0) is 21.0. The standard InChI is InChI=1S/C19H29F2NO4.CH3F/c1-16(26-19-6-5-17(20)15-18(19)21)7-11-23-9-3-2-4-10-24-13-14-25-12-8-22;1-2/h5-6,15H,1-4,7-14,22H2;1H3. The third-order valence-electron chi connectivity index (χ3n) is 3.39. The number of nitrogens with two attached hydrogens (primary N) is 1. The first-order valence-electron chi connectivity index (χ1n) is 9.25. The van der Waals surface area contributed by atoms with Crippen LogP contribution >= 0.6 is 0 Å². The lowest BCUT2D eigenvalue weighted by atomic mass is 10.2. The van der Waals surface area contributed by atoms with Crippen molar-refractivity contribution in [2.75, 3.05) is 53.4 Å². The maximum atomic E-state index is 13.4. The van der Waals surface area contributed by atoms with Crippen molar-refractivity contribution in [3.05, 3.63) is 42.2 Å². The van der Waals surface area contributed by atoms with Gasteiger partial charge in [-0.25, -0.2) is 8.78 Å². The number of ether oxygens (including phenoxy) is 4. The summed E-state index contributed by atoms with van der Waals surface area (Å²) in [5.74, 6) is -1.06. The molecule has 0 radical (unpaired) electrons. The third-order valence-corrected chi connectivity index (χ3v) is 3.39. The Morgan fingerprint density at radius 2 is 1.50 bits per heavy atom. The molecule has 8 heteroatoms. The monoisotopic (exact) mass is 407 g/mol. The first kappa shape index (κ1) is 26.4.